The van der Waals surface area contributed by atoms with Crippen LogP contribution in [0.4, 0.5) is 0 Å². The van der Waals surface area contributed by atoms with Gasteiger partial charge < -0.3 is 11.1 Å². The van der Waals surface area contributed by atoms with Gasteiger partial charge in [0.25, 0.3) is 5.91 Å². The van der Waals surface area contributed by atoms with Crippen molar-refractivity contribution in [1.29, 1.82) is 0 Å². The summed E-state index contributed by atoms with van der Waals surface area (Å²) in [6.07, 6.45) is 1.51. The van der Waals surface area contributed by atoms with Gasteiger partial charge in [-0.05, 0) is 12.5 Å². The zero-order valence-electron chi connectivity index (χ0n) is 14.4. The molecule has 0 radical (unpaired) electrons. The van der Waals surface area contributed by atoms with Crippen LogP contribution in [0.1, 0.15) is 28.9 Å². The van der Waals surface area contributed by atoms with E-state index in [9.17, 15) is 9.59 Å². The van der Waals surface area contributed by atoms with Crippen molar-refractivity contribution in [3.05, 3.63) is 78.0 Å². The number of nitrogens with zero attached hydrogens (tertiary/aromatic N) is 2. The Balaban J connectivity index is 1.76. The number of hydrogen-bond donors (Lipinski definition) is 2. The van der Waals surface area contributed by atoms with Crippen LogP contribution in [0, 0.1) is 0 Å². The van der Waals surface area contributed by atoms with Gasteiger partial charge >= 0.3 is 0 Å². The first-order valence-corrected chi connectivity index (χ1v) is 8.31. The highest BCUT2D eigenvalue weighted by Crippen LogP contribution is 2.21. The molecule has 0 aliphatic heterocycles. The van der Waals surface area contributed by atoms with Crippen LogP contribution in [0.25, 0.3) is 11.3 Å². The third-order valence-electron chi connectivity index (χ3n) is 4.06. The molecule has 0 aliphatic carbocycles. The fourth-order valence-electron chi connectivity index (χ4n) is 2.75. The lowest BCUT2D eigenvalue weighted by Crippen LogP contribution is -2.30. The number of nitrogens with one attached hydrogen (secondary N) is 1. The van der Waals surface area contributed by atoms with Gasteiger partial charge in [0.15, 0.2) is 0 Å². The van der Waals surface area contributed by atoms with Crippen LogP contribution in [0.2, 0.25) is 0 Å². The largest absolute Gasteiger partial charge is 0.365 e. The van der Waals surface area contributed by atoms with Crippen molar-refractivity contribution in [2.24, 2.45) is 5.73 Å². The smallest absolute Gasteiger partial charge is 0.252 e. The second kappa shape index (κ2) is 7.65. The van der Waals surface area contributed by atoms with Crippen LogP contribution in [-0.2, 0) is 11.3 Å². The monoisotopic (exact) mass is 348 g/mol. The predicted octanol–water partition coefficient (Wildman–Crippen LogP) is 2.53. The molecule has 0 saturated heterocycles. The maximum Gasteiger partial charge on any atom is 0.252 e. The average molecular weight is 348 g/mol. The summed E-state index contributed by atoms with van der Waals surface area (Å²) >= 11 is 0. The van der Waals surface area contributed by atoms with E-state index in [1.165, 1.54) is 10.9 Å². The lowest BCUT2D eigenvalue weighted by Gasteiger charge is -2.14. The second-order valence-electron chi connectivity index (χ2n) is 6.02. The van der Waals surface area contributed by atoms with Crippen molar-refractivity contribution in [1.82, 2.24) is 15.1 Å². The fourth-order valence-corrected chi connectivity index (χ4v) is 2.75. The highest BCUT2D eigenvalue weighted by atomic mass is 16.2. The number of carbonyl (C=O) groups is 2. The maximum atomic E-state index is 12.3. The Morgan fingerprint density at radius 2 is 1.69 bits per heavy atom. The molecule has 1 atom stereocenters. The van der Waals surface area contributed by atoms with Gasteiger partial charge in [0.2, 0.25) is 5.91 Å². The zero-order valence-corrected chi connectivity index (χ0v) is 14.4. The van der Waals surface area contributed by atoms with Gasteiger partial charge in [-0.15, -0.1) is 0 Å². The summed E-state index contributed by atoms with van der Waals surface area (Å²) in [4.78, 5) is 24.1. The lowest BCUT2D eigenvalue weighted by molar-refractivity contribution is -0.122. The first-order valence-electron chi connectivity index (χ1n) is 8.31. The number of carbonyl (C=O) groups excluding carboxylic acids is 2. The van der Waals surface area contributed by atoms with E-state index in [2.05, 4.69) is 10.4 Å². The van der Waals surface area contributed by atoms with Crippen LogP contribution in [0.15, 0.2) is 66.9 Å². The molecule has 2 aromatic carbocycles. The average Bonchev–Trinajstić information content (AvgIpc) is 3.07. The topological polar surface area (TPSA) is 90.0 Å². The van der Waals surface area contributed by atoms with Gasteiger partial charge in [0.05, 0.1) is 11.6 Å². The quantitative estimate of drug-likeness (QED) is 0.717. The third-order valence-corrected chi connectivity index (χ3v) is 4.06. The normalized spacial score (nSPS) is 11.7. The summed E-state index contributed by atoms with van der Waals surface area (Å²) in [5.74, 6) is -0.771. The Labute approximate surface area is 151 Å². The van der Waals surface area contributed by atoms with Crippen LogP contribution in [-0.4, -0.2) is 21.6 Å². The number of hydrogen-bond acceptors (Lipinski definition) is 3. The molecule has 3 rings (SSSR count). The molecule has 3 N–H and O–H groups in total. The molecular weight excluding hydrogens is 328 g/mol. The molecule has 6 nitrogen and oxygen atoms in total. The number of nitrogens with two attached hydrogens (primary N) is 1. The second-order valence-corrected chi connectivity index (χ2v) is 6.02. The number of rotatable bonds is 6. The minimum atomic E-state index is -0.576. The van der Waals surface area contributed by atoms with Crippen LogP contribution in [0.5, 0.6) is 0 Å². The highest BCUT2D eigenvalue weighted by molar-refractivity contribution is 5.98. The molecule has 3 aromatic rings. The molecule has 0 fully saturated rings. The van der Waals surface area contributed by atoms with E-state index in [-0.39, 0.29) is 18.5 Å². The van der Waals surface area contributed by atoms with Crippen molar-refractivity contribution in [3.8, 4) is 11.3 Å². The summed E-state index contributed by atoms with van der Waals surface area (Å²) in [6, 6.07) is 18.8. The fraction of sp³-hybridized carbons (Fsp3) is 0.150. The van der Waals surface area contributed by atoms with Crippen LogP contribution in [0.3, 0.4) is 0 Å². The molecule has 0 saturated carbocycles. The van der Waals surface area contributed by atoms with E-state index in [1.54, 1.807) is 0 Å². The molecular formula is C20H20N4O2. The number of primary amides is 1. The lowest BCUT2D eigenvalue weighted by atomic mass is 10.1. The summed E-state index contributed by atoms with van der Waals surface area (Å²) in [7, 11) is 0. The minimum absolute atomic E-state index is 0.00425. The Hall–Kier alpha value is -3.41. The zero-order chi connectivity index (χ0) is 18.5. The Morgan fingerprint density at radius 1 is 1.08 bits per heavy atom. The van der Waals surface area contributed by atoms with E-state index in [0.717, 1.165) is 11.1 Å². The van der Waals surface area contributed by atoms with Gasteiger partial charge in [0, 0.05) is 11.8 Å². The van der Waals surface area contributed by atoms with E-state index in [4.69, 9.17) is 5.73 Å². The van der Waals surface area contributed by atoms with Crippen molar-refractivity contribution < 1.29 is 9.59 Å². The molecule has 1 heterocycles. The molecule has 0 unspecified atom stereocenters. The van der Waals surface area contributed by atoms with Crippen LogP contribution >= 0.6 is 0 Å². The summed E-state index contributed by atoms with van der Waals surface area (Å²) in [6.45, 7) is 1.92. The van der Waals surface area contributed by atoms with Crippen molar-refractivity contribution in [2.45, 2.75) is 19.5 Å². The number of aromatic nitrogens is 2. The van der Waals surface area contributed by atoms with E-state index in [1.807, 2.05) is 67.6 Å². The maximum absolute atomic E-state index is 12.3. The van der Waals surface area contributed by atoms with Gasteiger partial charge in [-0.3, -0.25) is 14.3 Å². The summed E-state index contributed by atoms with van der Waals surface area (Å²) in [5.41, 5.74) is 8.02. The molecule has 132 valence electrons. The first kappa shape index (κ1) is 17.4. The summed E-state index contributed by atoms with van der Waals surface area (Å²) in [5, 5.41) is 7.30. The predicted molar refractivity (Wildman–Crippen MR) is 99.2 cm³/mol. The number of amides is 2. The first-order chi connectivity index (χ1) is 12.5. The molecule has 0 aliphatic rings. The van der Waals surface area contributed by atoms with Crippen LogP contribution < -0.4 is 11.1 Å². The molecule has 6 heteroatoms. The SMILES string of the molecule is C[C@@H](NC(=O)Cn1cc(C(N)=O)c(-c2ccccc2)n1)c1ccccc1. The van der Waals surface area contributed by atoms with Gasteiger partial charge in [-0.2, -0.15) is 5.10 Å². The van der Waals surface area contributed by atoms with Gasteiger partial charge in [-0.25, -0.2) is 0 Å². The van der Waals surface area contributed by atoms with Gasteiger partial charge in [-0.1, -0.05) is 60.7 Å². The van der Waals surface area contributed by atoms with Crippen molar-refractivity contribution in [3.63, 3.8) is 0 Å². The third kappa shape index (κ3) is 3.97. The standard InChI is InChI=1S/C20H20N4O2/c1-14(15-8-4-2-5-9-15)22-18(25)13-24-12-17(20(21)26)19(23-24)16-10-6-3-7-11-16/h2-12,14H,13H2,1H3,(H2,21,26)(H,22,25)/t14-/m1/s1. The van der Waals surface area contributed by atoms with E-state index >= 15 is 0 Å². The van der Waals surface area contributed by atoms with Crippen molar-refractivity contribution >= 4 is 11.8 Å². The Morgan fingerprint density at radius 3 is 2.31 bits per heavy atom. The van der Waals surface area contributed by atoms with Crippen molar-refractivity contribution in [2.75, 3.05) is 0 Å². The Bertz CT molecular complexity index is 904. The highest BCUT2D eigenvalue weighted by Gasteiger charge is 2.17. The Kier molecular flexibility index (Phi) is 5.12. The minimum Gasteiger partial charge on any atom is -0.365 e. The molecule has 1 aromatic heterocycles. The summed E-state index contributed by atoms with van der Waals surface area (Å²) < 4.78 is 1.44. The number of benzene rings is 2. The van der Waals surface area contributed by atoms with E-state index in [0.29, 0.717) is 11.3 Å². The van der Waals surface area contributed by atoms with E-state index < -0.39 is 5.91 Å². The molecule has 2 amide bonds. The molecule has 26 heavy (non-hydrogen) atoms. The molecule has 0 spiro atoms. The van der Waals surface area contributed by atoms with Gasteiger partial charge in [0.1, 0.15) is 12.2 Å². The molecule has 0 bridgehead atoms.